The molecule has 2 fully saturated rings. The number of rotatable bonds is 3. The van der Waals surface area contributed by atoms with Crippen LogP contribution in [0.3, 0.4) is 0 Å². The lowest BCUT2D eigenvalue weighted by molar-refractivity contribution is 0.0673. The fourth-order valence-corrected chi connectivity index (χ4v) is 2.95. The van der Waals surface area contributed by atoms with Gasteiger partial charge < -0.3 is 15.3 Å². The van der Waals surface area contributed by atoms with Gasteiger partial charge in [0.1, 0.15) is 6.17 Å². The van der Waals surface area contributed by atoms with Crippen LogP contribution in [0.15, 0.2) is 24.3 Å². The average molecular weight is 307 g/mol. The Labute approximate surface area is 127 Å². The monoisotopic (exact) mass is 307 g/mol. The zero-order valence-electron chi connectivity index (χ0n) is 12.0. The molecule has 0 bridgehead atoms. The van der Waals surface area contributed by atoms with Gasteiger partial charge in [-0.1, -0.05) is 0 Å². The number of hydrogen-bond donors (Lipinski definition) is 2. The third-order valence-electron chi connectivity index (χ3n) is 4.12. The maximum Gasteiger partial charge on any atom is 0.321 e. The molecule has 0 unspecified atom stereocenters. The fraction of sp³-hybridized carbons (Fsp3) is 0.467. The minimum absolute atomic E-state index is 0.0142. The first kappa shape index (κ1) is 14.8. The maximum absolute atomic E-state index is 13.4. The van der Waals surface area contributed by atoms with Crippen molar-refractivity contribution < 1.29 is 19.1 Å². The molecule has 6 nitrogen and oxygen atoms in total. The van der Waals surface area contributed by atoms with Gasteiger partial charge in [0.05, 0.1) is 19.2 Å². The van der Waals surface area contributed by atoms with Gasteiger partial charge in [-0.2, -0.15) is 0 Å². The second kappa shape index (κ2) is 5.92. The number of carbonyl (C=O) groups is 2. The number of halogens is 1. The Bertz CT molecular complexity index is 578. The smallest absolute Gasteiger partial charge is 0.321 e. The van der Waals surface area contributed by atoms with Gasteiger partial charge in [0.2, 0.25) is 0 Å². The van der Waals surface area contributed by atoms with Crippen molar-refractivity contribution in [1.29, 1.82) is 0 Å². The van der Waals surface area contributed by atoms with Crippen molar-refractivity contribution in [3.63, 3.8) is 0 Å². The van der Waals surface area contributed by atoms with Crippen LogP contribution in [0.1, 0.15) is 16.8 Å². The standard InChI is InChI=1S/C15H18FN3O3/c16-11-7-13(9-20)19(8-11)14(21)10-1-3-12(4-2-10)18-6-5-17-15(18)22/h1-4,11,13,20H,5-9H2,(H,17,22)/t11-,13-/m0/s1. The van der Waals surface area contributed by atoms with E-state index in [-0.39, 0.29) is 31.5 Å². The quantitative estimate of drug-likeness (QED) is 0.866. The number of alkyl halides is 1. The molecule has 0 spiro atoms. The average Bonchev–Trinajstić information content (AvgIpc) is 3.12. The zero-order chi connectivity index (χ0) is 15.7. The summed E-state index contributed by atoms with van der Waals surface area (Å²) in [6, 6.07) is 6.04. The molecule has 118 valence electrons. The van der Waals surface area contributed by atoms with Crippen LogP contribution >= 0.6 is 0 Å². The first-order valence-corrected chi connectivity index (χ1v) is 7.31. The zero-order valence-corrected chi connectivity index (χ0v) is 12.0. The Hall–Kier alpha value is -2.15. The van der Waals surface area contributed by atoms with Gasteiger partial charge >= 0.3 is 6.03 Å². The van der Waals surface area contributed by atoms with E-state index in [1.807, 2.05) is 0 Å². The topological polar surface area (TPSA) is 72.9 Å². The highest BCUT2D eigenvalue weighted by atomic mass is 19.1. The van der Waals surface area contributed by atoms with E-state index in [4.69, 9.17) is 0 Å². The van der Waals surface area contributed by atoms with Crippen molar-refractivity contribution in [2.45, 2.75) is 18.6 Å². The summed E-state index contributed by atoms with van der Waals surface area (Å²) in [4.78, 5) is 27.0. The largest absolute Gasteiger partial charge is 0.394 e. The molecule has 7 heteroatoms. The molecule has 2 saturated heterocycles. The SMILES string of the molecule is O=C1NCCN1c1ccc(C(=O)N2C[C@@H](F)C[C@H]2CO)cc1. The number of aliphatic hydroxyl groups is 1. The van der Waals surface area contributed by atoms with E-state index in [1.165, 1.54) is 4.90 Å². The summed E-state index contributed by atoms with van der Waals surface area (Å²) in [5.74, 6) is -0.295. The summed E-state index contributed by atoms with van der Waals surface area (Å²) >= 11 is 0. The molecule has 3 rings (SSSR count). The van der Waals surface area contributed by atoms with E-state index in [2.05, 4.69) is 5.32 Å². The van der Waals surface area contributed by atoms with Crippen LogP contribution in [-0.4, -0.2) is 60.4 Å². The molecule has 22 heavy (non-hydrogen) atoms. The summed E-state index contributed by atoms with van der Waals surface area (Å²) in [6.45, 7) is 0.969. The molecule has 1 aromatic rings. The van der Waals surface area contributed by atoms with Gasteiger partial charge in [-0.25, -0.2) is 9.18 Å². The summed E-state index contributed by atoms with van der Waals surface area (Å²) < 4.78 is 13.4. The summed E-state index contributed by atoms with van der Waals surface area (Å²) in [5, 5.41) is 12.0. The van der Waals surface area contributed by atoms with Crippen molar-refractivity contribution in [1.82, 2.24) is 10.2 Å². The molecule has 2 aliphatic heterocycles. The van der Waals surface area contributed by atoms with Gasteiger partial charge in [0.25, 0.3) is 5.91 Å². The Morgan fingerprint density at radius 3 is 2.68 bits per heavy atom. The van der Waals surface area contributed by atoms with E-state index in [9.17, 15) is 19.1 Å². The Balaban J connectivity index is 1.75. The molecule has 0 aromatic heterocycles. The van der Waals surface area contributed by atoms with Crippen LogP contribution in [0.4, 0.5) is 14.9 Å². The third-order valence-corrected chi connectivity index (χ3v) is 4.12. The molecule has 2 aliphatic rings. The van der Waals surface area contributed by atoms with E-state index in [1.54, 1.807) is 29.2 Å². The highest BCUT2D eigenvalue weighted by molar-refractivity contribution is 5.97. The molecule has 2 heterocycles. The third kappa shape index (κ3) is 2.64. The van der Waals surface area contributed by atoms with Gasteiger partial charge in [0.15, 0.2) is 0 Å². The second-order valence-corrected chi connectivity index (χ2v) is 5.56. The highest BCUT2D eigenvalue weighted by Crippen LogP contribution is 2.24. The molecule has 0 radical (unpaired) electrons. The van der Waals surface area contributed by atoms with Crippen molar-refractivity contribution in [3.8, 4) is 0 Å². The lowest BCUT2D eigenvalue weighted by atomic mass is 10.1. The number of amides is 3. The fourth-order valence-electron chi connectivity index (χ4n) is 2.95. The first-order valence-electron chi connectivity index (χ1n) is 7.31. The highest BCUT2D eigenvalue weighted by Gasteiger charge is 2.35. The minimum Gasteiger partial charge on any atom is -0.394 e. The number of aliphatic hydroxyl groups excluding tert-OH is 1. The second-order valence-electron chi connectivity index (χ2n) is 5.56. The van der Waals surface area contributed by atoms with E-state index in [0.29, 0.717) is 18.7 Å². The number of nitrogens with one attached hydrogen (secondary N) is 1. The van der Waals surface area contributed by atoms with Crippen molar-refractivity contribution in [2.24, 2.45) is 0 Å². The Kier molecular flexibility index (Phi) is 3.98. The molecule has 2 N–H and O–H groups in total. The maximum atomic E-state index is 13.4. The Morgan fingerprint density at radius 2 is 2.09 bits per heavy atom. The molecule has 2 atom stereocenters. The molecular weight excluding hydrogens is 289 g/mol. The molecule has 0 aliphatic carbocycles. The van der Waals surface area contributed by atoms with E-state index < -0.39 is 12.2 Å². The van der Waals surface area contributed by atoms with E-state index >= 15 is 0 Å². The molecule has 1 aromatic carbocycles. The van der Waals surface area contributed by atoms with Crippen molar-refractivity contribution in [2.75, 3.05) is 31.1 Å². The van der Waals surface area contributed by atoms with Crippen LogP contribution in [0.2, 0.25) is 0 Å². The number of hydrogen-bond acceptors (Lipinski definition) is 3. The predicted molar refractivity (Wildman–Crippen MR) is 78.6 cm³/mol. The van der Waals surface area contributed by atoms with Crippen molar-refractivity contribution in [3.05, 3.63) is 29.8 Å². The molecule has 0 saturated carbocycles. The number of carbonyl (C=O) groups excluding carboxylic acids is 2. The first-order chi connectivity index (χ1) is 10.6. The minimum atomic E-state index is -1.09. The normalized spacial score (nSPS) is 24.7. The van der Waals surface area contributed by atoms with Crippen LogP contribution in [0.25, 0.3) is 0 Å². The van der Waals surface area contributed by atoms with Gasteiger partial charge in [-0.15, -0.1) is 0 Å². The van der Waals surface area contributed by atoms with Crippen LogP contribution in [0, 0.1) is 0 Å². The molecule has 3 amide bonds. The van der Waals surface area contributed by atoms with Gasteiger partial charge in [0, 0.05) is 30.8 Å². The van der Waals surface area contributed by atoms with E-state index in [0.717, 1.165) is 5.69 Å². The lowest BCUT2D eigenvalue weighted by Gasteiger charge is -2.23. The predicted octanol–water partition coefficient (Wildman–Crippen LogP) is 0.761. The Morgan fingerprint density at radius 1 is 1.36 bits per heavy atom. The lowest BCUT2D eigenvalue weighted by Crippen LogP contribution is -2.37. The summed E-state index contributed by atoms with van der Waals surface area (Å²) in [7, 11) is 0. The molecular formula is C15H18FN3O3. The number of anilines is 1. The van der Waals surface area contributed by atoms with Crippen LogP contribution < -0.4 is 10.2 Å². The van der Waals surface area contributed by atoms with Crippen molar-refractivity contribution >= 4 is 17.6 Å². The van der Waals surface area contributed by atoms with Gasteiger partial charge in [-0.3, -0.25) is 9.69 Å². The van der Waals surface area contributed by atoms with Gasteiger partial charge in [-0.05, 0) is 24.3 Å². The number of likely N-dealkylation sites (tertiary alicyclic amines) is 1. The van der Waals surface area contributed by atoms with Crippen LogP contribution in [0.5, 0.6) is 0 Å². The number of urea groups is 1. The summed E-state index contributed by atoms with van der Waals surface area (Å²) in [5.41, 5.74) is 1.14. The van der Waals surface area contributed by atoms with Crippen LogP contribution in [-0.2, 0) is 0 Å². The number of nitrogens with zero attached hydrogens (tertiary/aromatic N) is 2. The number of benzene rings is 1. The summed E-state index contributed by atoms with van der Waals surface area (Å²) in [6.07, 6.45) is -0.914.